The van der Waals surface area contributed by atoms with E-state index < -0.39 is 5.54 Å². The molecule has 2 aliphatic rings. The van der Waals surface area contributed by atoms with E-state index >= 15 is 0 Å². The van der Waals surface area contributed by atoms with Crippen LogP contribution < -0.4 is 5.32 Å². The summed E-state index contributed by atoms with van der Waals surface area (Å²) >= 11 is 1.66. The smallest absolute Gasteiger partial charge is 0.323 e. The summed E-state index contributed by atoms with van der Waals surface area (Å²) in [6, 6.07) is 1.83. The Hall–Kier alpha value is -1.40. The number of nitrogens with zero attached hydrogens (tertiary/aromatic N) is 2. The first-order valence-corrected chi connectivity index (χ1v) is 8.39. The predicted octanol–water partition coefficient (Wildman–Crippen LogP) is 2.39. The highest BCUT2D eigenvalue weighted by Gasteiger charge is 2.51. The molecule has 21 heavy (non-hydrogen) atoms. The maximum atomic E-state index is 12.6. The maximum absolute atomic E-state index is 12.6. The molecule has 0 radical (unpaired) electrons. The van der Waals surface area contributed by atoms with Gasteiger partial charge in [0.2, 0.25) is 0 Å². The van der Waals surface area contributed by atoms with Crippen LogP contribution in [0.5, 0.6) is 0 Å². The zero-order chi connectivity index (χ0) is 14.9. The van der Waals surface area contributed by atoms with Crippen molar-refractivity contribution in [2.75, 3.05) is 13.7 Å². The fourth-order valence-corrected chi connectivity index (χ4v) is 3.94. The maximum Gasteiger partial charge on any atom is 0.326 e. The van der Waals surface area contributed by atoms with E-state index in [1.807, 2.05) is 17.3 Å². The van der Waals surface area contributed by atoms with Crippen molar-refractivity contribution >= 4 is 23.3 Å². The third-order valence-electron chi connectivity index (χ3n) is 4.37. The Morgan fingerprint density at radius 1 is 1.33 bits per heavy atom. The minimum Gasteiger partial charge on any atom is -0.323 e. The van der Waals surface area contributed by atoms with Crippen molar-refractivity contribution in [3.63, 3.8) is 0 Å². The van der Waals surface area contributed by atoms with Gasteiger partial charge in [-0.25, -0.2) is 9.69 Å². The highest BCUT2D eigenvalue weighted by atomic mass is 32.1. The van der Waals surface area contributed by atoms with Crippen molar-refractivity contribution in [1.82, 2.24) is 15.1 Å². The quantitative estimate of drug-likeness (QED) is 0.869. The first-order chi connectivity index (χ1) is 10.1. The Morgan fingerprint density at radius 2 is 2.10 bits per heavy atom. The van der Waals surface area contributed by atoms with Gasteiger partial charge >= 0.3 is 6.03 Å². The summed E-state index contributed by atoms with van der Waals surface area (Å²) in [7, 11) is 1.93. The van der Waals surface area contributed by atoms with E-state index in [2.05, 4.69) is 16.8 Å². The summed E-state index contributed by atoms with van der Waals surface area (Å²) in [5, 5.41) is 7.07. The Morgan fingerprint density at radius 3 is 2.76 bits per heavy atom. The largest absolute Gasteiger partial charge is 0.326 e. The molecule has 0 unspecified atom stereocenters. The molecule has 2 fully saturated rings. The molecule has 1 aliphatic carbocycles. The molecule has 5 nitrogen and oxygen atoms in total. The fourth-order valence-electron chi connectivity index (χ4n) is 3.28. The molecule has 2 heterocycles. The van der Waals surface area contributed by atoms with Crippen LogP contribution in [0.2, 0.25) is 0 Å². The third-order valence-corrected chi connectivity index (χ3v) is 5.10. The lowest BCUT2D eigenvalue weighted by Gasteiger charge is -2.31. The standard InChI is InChI=1S/C15H21N3O2S/c1-17(9-12-5-8-21-10-12)11-18-13(19)15(16-14(18)20)6-3-2-4-7-15/h5,8,10H,2-4,6-7,9,11H2,1H3,(H,16,20). The Bertz CT molecular complexity index is 523. The van der Waals surface area contributed by atoms with Gasteiger partial charge in [-0.2, -0.15) is 11.3 Å². The first kappa shape index (κ1) is 14.5. The molecule has 6 heteroatoms. The number of urea groups is 1. The van der Waals surface area contributed by atoms with Crippen LogP contribution in [0.3, 0.4) is 0 Å². The van der Waals surface area contributed by atoms with Crippen molar-refractivity contribution in [1.29, 1.82) is 0 Å². The number of rotatable bonds is 4. The molecule has 1 aromatic rings. The molecule has 1 spiro atoms. The molecule has 0 atom stereocenters. The molecule has 0 aromatic carbocycles. The highest BCUT2D eigenvalue weighted by molar-refractivity contribution is 7.07. The number of nitrogens with one attached hydrogen (secondary N) is 1. The van der Waals surface area contributed by atoms with E-state index in [1.54, 1.807) is 11.3 Å². The number of hydrogen-bond acceptors (Lipinski definition) is 4. The van der Waals surface area contributed by atoms with Gasteiger partial charge in [0.1, 0.15) is 5.54 Å². The molecular weight excluding hydrogens is 286 g/mol. The van der Waals surface area contributed by atoms with E-state index in [9.17, 15) is 9.59 Å². The molecule has 1 saturated heterocycles. The molecule has 1 aliphatic heterocycles. The van der Waals surface area contributed by atoms with E-state index in [4.69, 9.17) is 0 Å². The topological polar surface area (TPSA) is 52.6 Å². The van der Waals surface area contributed by atoms with Crippen molar-refractivity contribution in [2.45, 2.75) is 44.2 Å². The van der Waals surface area contributed by atoms with Gasteiger partial charge in [0.15, 0.2) is 0 Å². The average Bonchev–Trinajstić information content (AvgIpc) is 3.04. The zero-order valence-electron chi connectivity index (χ0n) is 12.3. The SMILES string of the molecule is CN(Cc1ccsc1)CN1C(=O)NC2(CCCCC2)C1=O. The van der Waals surface area contributed by atoms with Gasteiger partial charge < -0.3 is 5.32 Å². The zero-order valence-corrected chi connectivity index (χ0v) is 13.1. The van der Waals surface area contributed by atoms with Crippen LogP contribution in [0.25, 0.3) is 0 Å². The molecule has 3 rings (SSSR count). The highest BCUT2D eigenvalue weighted by Crippen LogP contribution is 2.33. The second-order valence-corrected chi connectivity index (χ2v) is 6.87. The average molecular weight is 307 g/mol. The number of carbonyl (C=O) groups is 2. The lowest BCUT2D eigenvalue weighted by molar-refractivity contribution is -0.133. The van der Waals surface area contributed by atoms with Crippen molar-refractivity contribution < 1.29 is 9.59 Å². The second kappa shape index (κ2) is 5.77. The lowest BCUT2D eigenvalue weighted by Crippen LogP contribution is -2.48. The van der Waals surface area contributed by atoms with Crippen LogP contribution in [0.15, 0.2) is 16.8 Å². The molecule has 114 valence electrons. The monoisotopic (exact) mass is 307 g/mol. The minimum atomic E-state index is -0.613. The van der Waals surface area contributed by atoms with E-state index in [0.717, 1.165) is 38.6 Å². The van der Waals surface area contributed by atoms with Gasteiger partial charge in [-0.15, -0.1) is 0 Å². The summed E-state index contributed by atoms with van der Waals surface area (Å²) in [6.07, 6.45) is 4.75. The summed E-state index contributed by atoms with van der Waals surface area (Å²) in [6.45, 7) is 1.09. The van der Waals surface area contributed by atoms with Crippen molar-refractivity contribution in [3.05, 3.63) is 22.4 Å². The number of imide groups is 1. The Labute approximate surface area is 128 Å². The number of thiophene rings is 1. The van der Waals surface area contributed by atoms with Crippen LogP contribution in [0.1, 0.15) is 37.7 Å². The summed E-state index contributed by atoms with van der Waals surface area (Å²) < 4.78 is 0. The fraction of sp³-hybridized carbons (Fsp3) is 0.600. The normalized spacial score (nSPS) is 21.3. The van der Waals surface area contributed by atoms with E-state index in [0.29, 0.717) is 6.67 Å². The van der Waals surface area contributed by atoms with Gasteiger partial charge in [-0.1, -0.05) is 19.3 Å². The van der Waals surface area contributed by atoms with Crippen molar-refractivity contribution in [2.24, 2.45) is 0 Å². The molecular formula is C15H21N3O2S. The second-order valence-electron chi connectivity index (χ2n) is 6.09. The van der Waals surface area contributed by atoms with Crippen LogP contribution in [-0.2, 0) is 11.3 Å². The first-order valence-electron chi connectivity index (χ1n) is 7.44. The molecule has 1 saturated carbocycles. The lowest BCUT2D eigenvalue weighted by atomic mass is 9.82. The molecule has 1 N–H and O–H groups in total. The van der Waals surface area contributed by atoms with Crippen LogP contribution in [0.4, 0.5) is 4.79 Å². The summed E-state index contributed by atoms with van der Waals surface area (Å²) in [5.74, 6) is -0.0376. The van der Waals surface area contributed by atoms with Gasteiger partial charge in [-0.3, -0.25) is 9.69 Å². The number of hydrogen-bond donors (Lipinski definition) is 1. The Balaban J connectivity index is 1.65. The van der Waals surface area contributed by atoms with Gasteiger partial charge in [-0.05, 0) is 42.3 Å². The molecule has 1 aromatic heterocycles. The summed E-state index contributed by atoms with van der Waals surface area (Å²) in [5.41, 5.74) is 0.598. The van der Waals surface area contributed by atoms with Crippen LogP contribution >= 0.6 is 11.3 Å². The summed E-state index contributed by atoms with van der Waals surface area (Å²) in [4.78, 5) is 28.2. The van der Waals surface area contributed by atoms with Crippen LogP contribution in [0, 0.1) is 0 Å². The number of carbonyl (C=O) groups excluding carboxylic acids is 2. The van der Waals surface area contributed by atoms with Crippen molar-refractivity contribution in [3.8, 4) is 0 Å². The van der Waals surface area contributed by atoms with Gasteiger partial charge in [0.25, 0.3) is 5.91 Å². The predicted molar refractivity (Wildman–Crippen MR) is 81.8 cm³/mol. The molecule has 3 amide bonds. The van der Waals surface area contributed by atoms with Gasteiger partial charge in [0, 0.05) is 6.54 Å². The number of amides is 3. The van der Waals surface area contributed by atoms with Gasteiger partial charge in [0.05, 0.1) is 6.67 Å². The van der Waals surface area contributed by atoms with E-state index in [1.165, 1.54) is 10.5 Å². The van der Waals surface area contributed by atoms with E-state index in [-0.39, 0.29) is 11.9 Å². The third kappa shape index (κ3) is 2.82. The Kier molecular flexibility index (Phi) is 3.99. The van der Waals surface area contributed by atoms with Crippen LogP contribution in [-0.4, -0.2) is 41.0 Å². The minimum absolute atomic E-state index is 0.0376. The molecule has 0 bridgehead atoms.